The summed E-state index contributed by atoms with van der Waals surface area (Å²) in [6.07, 6.45) is 6.71. The molecular formula is C17H19N3S. The minimum absolute atomic E-state index is 0.739. The highest BCUT2D eigenvalue weighted by Gasteiger charge is 2.27. The van der Waals surface area contributed by atoms with Crippen molar-refractivity contribution in [1.29, 1.82) is 0 Å². The Morgan fingerprint density at radius 1 is 1.29 bits per heavy atom. The van der Waals surface area contributed by atoms with E-state index in [2.05, 4.69) is 53.4 Å². The molecule has 4 rings (SSSR count). The van der Waals surface area contributed by atoms with E-state index < -0.39 is 0 Å². The maximum Gasteiger partial charge on any atom is 0.138 e. The minimum atomic E-state index is 0.739. The number of hydrogen-bond donors (Lipinski definition) is 1. The molecule has 1 saturated carbocycles. The first-order chi connectivity index (χ1) is 10.2. The van der Waals surface area contributed by atoms with Crippen LogP contribution in [0.3, 0.4) is 0 Å². The van der Waals surface area contributed by atoms with Crippen molar-refractivity contribution in [3.05, 3.63) is 41.0 Å². The van der Waals surface area contributed by atoms with Crippen LogP contribution >= 0.6 is 11.3 Å². The number of aromatic nitrogens is 2. The van der Waals surface area contributed by atoms with Crippen LogP contribution in [0.4, 0.5) is 0 Å². The van der Waals surface area contributed by atoms with E-state index >= 15 is 0 Å². The lowest BCUT2D eigenvalue weighted by molar-refractivity contribution is 0.406. The number of pyridine rings is 1. The molecule has 108 valence electrons. The fourth-order valence-corrected chi connectivity index (χ4v) is 4.08. The normalized spacial score (nSPS) is 15.2. The number of fused-ring (bicyclic) bond motifs is 1. The second-order valence-corrected chi connectivity index (χ2v) is 7.27. The van der Waals surface area contributed by atoms with E-state index in [1.807, 2.05) is 17.5 Å². The number of aromatic amines is 1. The van der Waals surface area contributed by atoms with Crippen molar-refractivity contribution in [2.45, 2.75) is 25.3 Å². The second kappa shape index (κ2) is 4.97. The van der Waals surface area contributed by atoms with Gasteiger partial charge in [0.15, 0.2) is 0 Å². The molecule has 1 N–H and O–H groups in total. The molecule has 0 spiro atoms. The van der Waals surface area contributed by atoms with Crippen molar-refractivity contribution in [3.8, 4) is 10.4 Å². The van der Waals surface area contributed by atoms with E-state index in [0.717, 1.165) is 18.1 Å². The van der Waals surface area contributed by atoms with Gasteiger partial charge < -0.3 is 9.88 Å². The molecule has 0 bridgehead atoms. The van der Waals surface area contributed by atoms with Crippen molar-refractivity contribution in [1.82, 2.24) is 14.9 Å². The Morgan fingerprint density at radius 3 is 2.90 bits per heavy atom. The summed E-state index contributed by atoms with van der Waals surface area (Å²) in [7, 11) is 4.22. The Labute approximate surface area is 128 Å². The van der Waals surface area contributed by atoms with Crippen LogP contribution in [-0.2, 0) is 6.54 Å². The van der Waals surface area contributed by atoms with Crippen LogP contribution in [0, 0.1) is 0 Å². The van der Waals surface area contributed by atoms with Gasteiger partial charge in [0.25, 0.3) is 0 Å². The van der Waals surface area contributed by atoms with Crippen LogP contribution in [0.15, 0.2) is 30.6 Å². The largest absolute Gasteiger partial charge is 0.346 e. The van der Waals surface area contributed by atoms with E-state index in [0.29, 0.717) is 0 Å². The molecule has 1 aliphatic carbocycles. The molecule has 3 aromatic heterocycles. The maximum atomic E-state index is 4.49. The number of thiophene rings is 1. The number of hydrogen-bond acceptors (Lipinski definition) is 3. The monoisotopic (exact) mass is 297 g/mol. The topological polar surface area (TPSA) is 31.9 Å². The van der Waals surface area contributed by atoms with Gasteiger partial charge in [-0.05, 0) is 56.6 Å². The highest BCUT2D eigenvalue weighted by Crippen LogP contribution is 2.45. The molecule has 3 nitrogen and oxygen atoms in total. The fourth-order valence-electron chi connectivity index (χ4n) is 2.92. The smallest absolute Gasteiger partial charge is 0.138 e. The third-order valence-corrected chi connectivity index (χ3v) is 5.12. The molecule has 3 aromatic rings. The van der Waals surface area contributed by atoms with Gasteiger partial charge in [0.05, 0.1) is 0 Å². The zero-order valence-corrected chi connectivity index (χ0v) is 13.2. The van der Waals surface area contributed by atoms with Crippen LogP contribution in [0.25, 0.3) is 21.5 Å². The lowest BCUT2D eigenvalue weighted by atomic mass is 10.1. The first kappa shape index (κ1) is 13.0. The average Bonchev–Trinajstić information content (AvgIpc) is 3.04. The predicted molar refractivity (Wildman–Crippen MR) is 88.8 cm³/mol. The SMILES string of the molecule is CN(C)Cc1ccc(-c2ccnc3[nH]cc(C4CC4)c23)s1. The Hall–Kier alpha value is -1.65. The van der Waals surface area contributed by atoms with Crippen LogP contribution in [0.5, 0.6) is 0 Å². The number of H-pyrrole nitrogens is 1. The summed E-state index contributed by atoms with van der Waals surface area (Å²) < 4.78 is 0. The summed E-state index contributed by atoms with van der Waals surface area (Å²) >= 11 is 1.89. The molecule has 1 fully saturated rings. The summed E-state index contributed by atoms with van der Waals surface area (Å²) in [6, 6.07) is 6.66. The molecule has 0 saturated heterocycles. The predicted octanol–water partition coefficient (Wildman–Crippen LogP) is 4.23. The minimum Gasteiger partial charge on any atom is -0.346 e. The second-order valence-electron chi connectivity index (χ2n) is 6.10. The molecule has 1 aliphatic rings. The van der Waals surface area contributed by atoms with Gasteiger partial charge in [0.2, 0.25) is 0 Å². The molecule has 4 heteroatoms. The first-order valence-corrected chi connectivity index (χ1v) is 8.24. The summed E-state index contributed by atoms with van der Waals surface area (Å²) in [5.41, 5.74) is 3.81. The lowest BCUT2D eigenvalue weighted by Crippen LogP contribution is -2.09. The molecule has 0 amide bonds. The quantitative estimate of drug-likeness (QED) is 0.781. The highest BCUT2D eigenvalue weighted by atomic mass is 32.1. The van der Waals surface area contributed by atoms with Gasteiger partial charge in [-0.2, -0.15) is 0 Å². The standard InChI is InChI=1S/C17H19N3S/c1-20(2)10-12-5-6-15(21-12)13-7-8-18-17-16(13)14(9-19-17)11-3-4-11/h5-9,11H,3-4,10H2,1-2H3,(H,18,19). The van der Waals surface area contributed by atoms with E-state index in [4.69, 9.17) is 0 Å². The molecule has 0 aromatic carbocycles. The van der Waals surface area contributed by atoms with Crippen LogP contribution in [0.2, 0.25) is 0 Å². The summed E-state index contributed by atoms with van der Waals surface area (Å²) in [5, 5.41) is 1.33. The van der Waals surface area contributed by atoms with Gasteiger partial charge in [-0.15, -0.1) is 11.3 Å². The van der Waals surface area contributed by atoms with E-state index in [1.165, 1.54) is 39.1 Å². The van der Waals surface area contributed by atoms with E-state index in [-0.39, 0.29) is 0 Å². The molecule has 0 atom stereocenters. The summed E-state index contributed by atoms with van der Waals surface area (Å²) in [4.78, 5) is 12.8. The highest BCUT2D eigenvalue weighted by molar-refractivity contribution is 7.15. The van der Waals surface area contributed by atoms with E-state index in [9.17, 15) is 0 Å². The Morgan fingerprint density at radius 2 is 2.14 bits per heavy atom. The van der Waals surface area contributed by atoms with Crippen molar-refractivity contribution >= 4 is 22.4 Å². The van der Waals surface area contributed by atoms with Crippen molar-refractivity contribution in [2.75, 3.05) is 14.1 Å². The maximum absolute atomic E-state index is 4.49. The van der Waals surface area contributed by atoms with Crippen LogP contribution in [-0.4, -0.2) is 29.0 Å². The van der Waals surface area contributed by atoms with Crippen LogP contribution < -0.4 is 0 Å². The van der Waals surface area contributed by atoms with Crippen molar-refractivity contribution < 1.29 is 0 Å². The molecule has 0 aliphatic heterocycles. The third-order valence-electron chi connectivity index (χ3n) is 4.02. The third kappa shape index (κ3) is 2.39. The molecular weight excluding hydrogens is 278 g/mol. The number of rotatable bonds is 4. The Kier molecular flexibility index (Phi) is 3.08. The van der Waals surface area contributed by atoms with Gasteiger partial charge in [0, 0.05) is 39.6 Å². The molecule has 0 unspecified atom stereocenters. The van der Waals surface area contributed by atoms with Gasteiger partial charge in [-0.3, -0.25) is 0 Å². The van der Waals surface area contributed by atoms with E-state index in [1.54, 1.807) is 0 Å². The number of nitrogens with zero attached hydrogens (tertiary/aromatic N) is 2. The van der Waals surface area contributed by atoms with Crippen molar-refractivity contribution in [2.24, 2.45) is 0 Å². The lowest BCUT2D eigenvalue weighted by Gasteiger charge is -2.06. The molecule has 3 heterocycles. The van der Waals surface area contributed by atoms with Gasteiger partial charge in [0.1, 0.15) is 5.65 Å². The zero-order chi connectivity index (χ0) is 14.4. The molecule has 21 heavy (non-hydrogen) atoms. The Balaban J connectivity index is 1.82. The zero-order valence-electron chi connectivity index (χ0n) is 12.4. The summed E-state index contributed by atoms with van der Waals surface area (Å²) in [6.45, 7) is 1.00. The summed E-state index contributed by atoms with van der Waals surface area (Å²) in [5.74, 6) is 0.739. The Bertz CT molecular complexity index is 780. The van der Waals surface area contributed by atoms with Gasteiger partial charge in [-0.25, -0.2) is 4.98 Å². The fraction of sp³-hybridized carbons (Fsp3) is 0.353. The van der Waals surface area contributed by atoms with Gasteiger partial charge in [-0.1, -0.05) is 0 Å². The van der Waals surface area contributed by atoms with Gasteiger partial charge >= 0.3 is 0 Å². The first-order valence-electron chi connectivity index (χ1n) is 7.42. The van der Waals surface area contributed by atoms with Crippen molar-refractivity contribution in [3.63, 3.8) is 0 Å². The average molecular weight is 297 g/mol. The number of nitrogens with one attached hydrogen (secondary N) is 1. The molecule has 0 radical (unpaired) electrons. The van der Waals surface area contributed by atoms with Crippen LogP contribution in [0.1, 0.15) is 29.2 Å².